The number of benzene rings is 1. The maximum absolute atomic E-state index is 12.0. The molecule has 0 saturated carbocycles. The van der Waals surface area contributed by atoms with Gasteiger partial charge in [0.05, 0.1) is 0 Å². The minimum atomic E-state index is -0.0533. The minimum Gasteiger partial charge on any atom is -0.486 e. The van der Waals surface area contributed by atoms with E-state index in [2.05, 4.69) is 21.2 Å². The van der Waals surface area contributed by atoms with Crippen LogP contribution < -0.4 is 14.8 Å². The van der Waals surface area contributed by atoms with E-state index in [0.717, 1.165) is 24.7 Å². The average molecular weight is 342 g/mol. The van der Waals surface area contributed by atoms with Crippen LogP contribution in [0.5, 0.6) is 11.5 Å². The van der Waals surface area contributed by atoms with Crippen LogP contribution in [0.2, 0.25) is 0 Å². The number of halogens is 1. The predicted octanol–water partition coefficient (Wildman–Crippen LogP) is 3.14. The molecule has 1 amide bonds. The van der Waals surface area contributed by atoms with E-state index in [4.69, 9.17) is 9.47 Å². The first kappa shape index (κ1) is 15.2. The van der Waals surface area contributed by atoms with Crippen LogP contribution in [0.4, 0.5) is 0 Å². The van der Waals surface area contributed by atoms with Crippen LogP contribution >= 0.6 is 15.9 Å². The summed E-state index contributed by atoms with van der Waals surface area (Å²) in [6.07, 6.45) is 4.55. The lowest BCUT2D eigenvalue weighted by Gasteiger charge is -2.18. The number of hydrogen-bond donors (Lipinski definition) is 1. The van der Waals surface area contributed by atoms with Gasteiger partial charge >= 0.3 is 0 Å². The van der Waals surface area contributed by atoms with Crippen molar-refractivity contribution in [2.24, 2.45) is 0 Å². The number of ether oxygens (including phenoxy) is 2. The molecule has 4 nitrogen and oxygen atoms in total. The first-order chi connectivity index (χ1) is 9.81. The van der Waals surface area contributed by atoms with Gasteiger partial charge in [0.15, 0.2) is 11.5 Å². The molecule has 0 spiro atoms. The highest BCUT2D eigenvalue weighted by atomic mass is 79.9. The number of fused-ring (bicyclic) bond motifs is 1. The Kier molecular flexibility index (Phi) is 6.18. The van der Waals surface area contributed by atoms with E-state index in [-0.39, 0.29) is 5.91 Å². The summed E-state index contributed by atoms with van der Waals surface area (Å²) in [5, 5.41) is 3.99. The molecule has 1 N–H and O–H groups in total. The maximum atomic E-state index is 12.0. The lowest BCUT2D eigenvalue weighted by molar-refractivity contribution is 0.0951. The summed E-state index contributed by atoms with van der Waals surface area (Å²) in [7, 11) is 0. The summed E-state index contributed by atoms with van der Waals surface area (Å²) in [5.74, 6) is 1.31. The van der Waals surface area contributed by atoms with Gasteiger partial charge in [-0.1, -0.05) is 28.8 Å². The molecule has 2 rings (SSSR count). The van der Waals surface area contributed by atoms with E-state index in [0.29, 0.717) is 30.3 Å². The van der Waals surface area contributed by atoms with Crippen LogP contribution in [0.3, 0.4) is 0 Å². The van der Waals surface area contributed by atoms with Gasteiger partial charge in [0, 0.05) is 17.4 Å². The van der Waals surface area contributed by atoms with Gasteiger partial charge in [-0.2, -0.15) is 0 Å². The van der Waals surface area contributed by atoms with E-state index in [1.807, 2.05) is 0 Å². The lowest BCUT2D eigenvalue weighted by Crippen LogP contribution is -2.25. The Bertz CT molecular complexity index is 451. The fourth-order valence-corrected chi connectivity index (χ4v) is 2.46. The molecule has 1 aliphatic heterocycles. The quantitative estimate of drug-likeness (QED) is 0.612. The highest BCUT2D eigenvalue weighted by Crippen LogP contribution is 2.30. The fraction of sp³-hybridized carbons (Fsp3) is 0.533. The third-order valence-corrected chi connectivity index (χ3v) is 3.71. The number of alkyl halides is 1. The predicted molar refractivity (Wildman–Crippen MR) is 82.0 cm³/mol. The van der Waals surface area contributed by atoms with Gasteiger partial charge < -0.3 is 14.8 Å². The topological polar surface area (TPSA) is 47.6 Å². The Morgan fingerprint density at radius 1 is 1.10 bits per heavy atom. The monoisotopic (exact) mass is 341 g/mol. The summed E-state index contributed by atoms with van der Waals surface area (Å²) >= 11 is 3.41. The number of nitrogens with one attached hydrogen (secondary N) is 1. The second-order valence-corrected chi connectivity index (χ2v) is 5.51. The molecule has 0 atom stereocenters. The molecule has 0 bridgehead atoms. The molecule has 20 heavy (non-hydrogen) atoms. The van der Waals surface area contributed by atoms with Crippen molar-refractivity contribution in [3.63, 3.8) is 0 Å². The second kappa shape index (κ2) is 8.15. The van der Waals surface area contributed by atoms with Crippen molar-refractivity contribution in [3.05, 3.63) is 23.8 Å². The Morgan fingerprint density at radius 2 is 1.85 bits per heavy atom. The summed E-state index contributed by atoms with van der Waals surface area (Å²) in [4.78, 5) is 12.0. The summed E-state index contributed by atoms with van der Waals surface area (Å²) in [5.41, 5.74) is 0.620. The SMILES string of the molecule is O=C(NCCCCCCBr)c1ccc2c(c1)OCCO2. The Balaban J connectivity index is 1.77. The standard InChI is InChI=1S/C15H20BrNO3/c16-7-3-1-2-4-8-17-15(18)12-5-6-13-14(11-12)20-10-9-19-13/h5-6,11H,1-4,7-10H2,(H,17,18). The molecule has 1 aliphatic rings. The van der Waals surface area contributed by atoms with E-state index >= 15 is 0 Å². The van der Waals surface area contributed by atoms with Gasteiger partial charge in [-0.3, -0.25) is 4.79 Å². The molecule has 0 aliphatic carbocycles. The van der Waals surface area contributed by atoms with Gasteiger partial charge in [-0.15, -0.1) is 0 Å². The number of amides is 1. The molecular formula is C15H20BrNO3. The van der Waals surface area contributed by atoms with Crippen LogP contribution in [-0.2, 0) is 0 Å². The molecule has 0 saturated heterocycles. The van der Waals surface area contributed by atoms with E-state index in [1.54, 1.807) is 18.2 Å². The van der Waals surface area contributed by atoms with Gasteiger partial charge in [0.2, 0.25) is 0 Å². The van der Waals surface area contributed by atoms with Crippen molar-refractivity contribution in [1.82, 2.24) is 5.32 Å². The zero-order valence-electron chi connectivity index (χ0n) is 11.5. The van der Waals surface area contributed by atoms with Crippen LogP contribution in [0, 0.1) is 0 Å². The van der Waals surface area contributed by atoms with Gasteiger partial charge in [0.1, 0.15) is 13.2 Å². The molecule has 0 radical (unpaired) electrons. The van der Waals surface area contributed by atoms with Crippen molar-refractivity contribution in [3.8, 4) is 11.5 Å². The number of unbranched alkanes of at least 4 members (excludes halogenated alkanes) is 3. The van der Waals surface area contributed by atoms with Gasteiger partial charge in [-0.25, -0.2) is 0 Å². The Hall–Kier alpha value is -1.23. The largest absolute Gasteiger partial charge is 0.486 e. The first-order valence-corrected chi connectivity index (χ1v) is 8.17. The molecule has 0 aromatic heterocycles. The van der Waals surface area contributed by atoms with Crippen molar-refractivity contribution >= 4 is 21.8 Å². The average Bonchev–Trinajstić information content (AvgIpc) is 2.50. The molecular weight excluding hydrogens is 322 g/mol. The van der Waals surface area contributed by atoms with Crippen molar-refractivity contribution in [2.45, 2.75) is 25.7 Å². The van der Waals surface area contributed by atoms with Crippen LogP contribution in [0.15, 0.2) is 18.2 Å². The molecule has 110 valence electrons. The number of rotatable bonds is 7. The van der Waals surface area contributed by atoms with Gasteiger partial charge in [0.25, 0.3) is 5.91 Å². The van der Waals surface area contributed by atoms with Crippen molar-refractivity contribution in [1.29, 1.82) is 0 Å². The number of carbonyl (C=O) groups is 1. The molecule has 1 heterocycles. The molecule has 0 unspecified atom stereocenters. The lowest BCUT2D eigenvalue weighted by atomic mass is 10.1. The van der Waals surface area contributed by atoms with Crippen LogP contribution in [0.25, 0.3) is 0 Å². The summed E-state index contributed by atoms with van der Waals surface area (Å²) in [6, 6.07) is 5.31. The highest BCUT2D eigenvalue weighted by molar-refractivity contribution is 9.09. The number of carbonyl (C=O) groups excluding carboxylic acids is 1. The van der Waals surface area contributed by atoms with Gasteiger partial charge in [-0.05, 0) is 31.0 Å². The summed E-state index contributed by atoms with van der Waals surface area (Å²) in [6.45, 7) is 1.81. The van der Waals surface area contributed by atoms with Crippen LogP contribution in [0.1, 0.15) is 36.0 Å². The molecule has 0 fully saturated rings. The minimum absolute atomic E-state index is 0.0533. The van der Waals surface area contributed by atoms with E-state index in [1.165, 1.54) is 12.8 Å². The molecule has 1 aromatic rings. The number of hydrogen-bond acceptors (Lipinski definition) is 3. The van der Waals surface area contributed by atoms with E-state index in [9.17, 15) is 4.79 Å². The smallest absolute Gasteiger partial charge is 0.251 e. The third-order valence-electron chi connectivity index (χ3n) is 3.15. The Morgan fingerprint density at radius 3 is 2.65 bits per heavy atom. The molecule has 1 aromatic carbocycles. The normalized spacial score (nSPS) is 13.1. The zero-order chi connectivity index (χ0) is 14.2. The second-order valence-electron chi connectivity index (χ2n) is 4.72. The van der Waals surface area contributed by atoms with E-state index < -0.39 is 0 Å². The first-order valence-electron chi connectivity index (χ1n) is 7.05. The highest BCUT2D eigenvalue weighted by Gasteiger charge is 2.14. The van der Waals surface area contributed by atoms with Crippen LogP contribution in [-0.4, -0.2) is 31.0 Å². The van der Waals surface area contributed by atoms with Crippen molar-refractivity contribution in [2.75, 3.05) is 25.1 Å². The third kappa shape index (κ3) is 4.40. The zero-order valence-corrected chi connectivity index (χ0v) is 13.1. The molecule has 5 heteroatoms. The summed E-state index contributed by atoms with van der Waals surface area (Å²) < 4.78 is 10.9. The fourth-order valence-electron chi connectivity index (χ4n) is 2.06. The Labute approximate surface area is 128 Å². The van der Waals surface area contributed by atoms with Crippen molar-refractivity contribution < 1.29 is 14.3 Å². The maximum Gasteiger partial charge on any atom is 0.251 e.